The summed E-state index contributed by atoms with van der Waals surface area (Å²) in [5.41, 5.74) is -1.41. The molecule has 1 N–H and O–H groups in total. The Bertz CT molecular complexity index is 447. The molecule has 0 saturated heterocycles. The average Bonchev–Trinajstić information content (AvgIpc) is 2.26. The van der Waals surface area contributed by atoms with Crippen molar-refractivity contribution in [3.05, 3.63) is 12.0 Å². The Hall–Kier alpha value is 0.650. The molecule has 0 aliphatic heterocycles. The van der Waals surface area contributed by atoms with Gasteiger partial charge in [-0.3, -0.25) is 0 Å². The Balaban J connectivity index is 4.82. The highest BCUT2D eigenvalue weighted by Crippen LogP contribution is 2.43. The lowest BCUT2D eigenvalue weighted by atomic mass is 10.1. The van der Waals surface area contributed by atoms with Gasteiger partial charge in [0.1, 0.15) is 10.4 Å². The Kier molecular flexibility index (Phi) is 7.14. The number of alkyl halides is 4. The van der Waals surface area contributed by atoms with Crippen LogP contribution in [-0.4, -0.2) is 28.2 Å². The van der Waals surface area contributed by atoms with Gasteiger partial charge in [-0.25, -0.2) is 8.42 Å². The summed E-state index contributed by atoms with van der Waals surface area (Å²) in [5.74, 6) is -0.0422. The summed E-state index contributed by atoms with van der Waals surface area (Å²) in [6.07, 6.45) is 0. The van der Waals surface area contributed by atoms with Crippen LogP contribution in [0.4, 0.5) is 0 Å². The van der Waals surface area contributed by atoms with E-state index in [4.69, 9.17) is 51.7 Å². The Morgan fingerprint density at radius 1 is 1.56 bits per heavy atom. The summed E-state index contributed by atoms with van der Waals surface area (Å²) in [5, 5.41) is 9.71. The molecule has 0 fully saturated rings. The Morgan fingerprint density at radius 3 is 2.39 bits per heavy atom. The van der Waals surface area contributed by atoms with E-state index in [9.17, 15) is 8.42 Å². The van der Waals surface area contributed by atoms with E-state index in [1.807, 2.05) is 6.07 Å². The van der Waals surface area contributed by atoms with Crippen molar-refractivity contribution in [1.29, 1.82) is 5.26 Å². The van der Waals surface area contributed by atoms with Gasteiger partial charge in [-0.1, -0.05) is 29.8 Å². The van der Waals surface area contributed by atoms with Crippen LogP contribution < -0.4 is 4.72 Å². The highest BCUT2D eigenvalue weighted by Gasteiger charge is 2.37. The van der Waals surface area contributed by atoms with Crippen molar-refractivity contribution in [2.24, 2.45) is 0 Å². The molecule has 0 aromatic carbocycles. The second-order valence-electron chi connectivity index (χ2n) is 3.41. The normalized spacial score (nSPS) is 16.1. The number of nitrogens with zero attached hydrogens (tertiary/aromatic N) is 1. The molecular weight excluding hydrogens is 362 g/mol. The first-order chi connectivity index (χ1) is 7.98. The van der Waals surface area contributed by atoms with E-state index in [-0.39, 0.29) is 5.75 Å². The zero-order valence-electron chi connectivity index (χ0n) is 9.16. The molecule has 0 aromatic heterocycles. The number of sulfonamides is 1. The molecular formula is C8H10Cl4N2O2S2. The second kappa shape index (κ2) is 6.89. The lowest BCUT2D eigenvalue weighted by Gasteiger charge is -2.26. The van der Waals surface area contributed by atoms with Gasteiger partial charge in [0, 0.05) is 11.2 Å². The molecule has 0 aliphatic rings. The lowest BCUT2D eigenvalue weighted by molar-refractivity contribution is 0.547. The van der Waals surface area contributed by atoms with Crippen molar-refractivity contribution >= 4 is 68.2 Å². The van der Waals surface area contributed by atoms with Crippen molar-refractivity contribution in [3.8, 4) is 6.07 Å². The van der Waals surface area contributed by atoms with Gasteiger partial charge in [-0.05, 0) is 6.92 Å². The molecule has 4 nitrogen and oxygen atoms in total. The molecule has 0 heterocycles. The first-order valence-corrected chi connectivity index (χ1v) is 8.52. The second-order valence-corrected chi connectivity index (χ2v) is 9.19. The Labute approximate surface area is 131 Å². The van der Waals surface area contributed by atoms with E-state index in [0.717, 1.165) is 11.8 Å². The molecule has 0 aliphatic carbocycles. The summed E-state index contributed by atoms with van der Waals surface area (Å²) < 4.78 is 23.3. The van der Waals surface area contributed by atoms with Crippen LogP contribution in [0.25, 0.3) is 0 Å². The minimum Gasteiger partial charge on any atom is -0.208 e. The van der Waals surface area contributed by atoms with Gasteiger partial charge < -0.3 is 0 Å². The number of thioether (sulfide) groups is 1. The minimum absolute atomic E-state index is 0.0422. The Morgan fingerprint density at radius 2 is 2.06 bits per heavy atom. The number of rotatable bonds is 7. The summed E-state index contributed by atoms with van der Waals surface area (Å²) >= 11 is 23.5. The number of halogens is 4. The van der Waals surface area contributed by atoms with E-state index in [0.29, 0.717) is 5.41 Å². The molecule has 0 spiro atoms. The molecule has 1 unspecified atom stereocenters. The SMILES string of the molecule is C=CS(=O)(=O)NC(C)(C#N)CSC(Cl)(Cl)C(Cl)Cl. The molecule has 104 valence electrons. The summed E-state index contributed by atoms with van der Waals surface area (Å²) in [6.45, 7) is 4.50. The van der Waals surface area contributed by atoms with E-state index < -0.39 is 24.1 Å². The van der Waals surface area contributed by atoms with Crippen LogP contribution in [0.2, 0.25) is 0 Å². The average molecular weight is 372 g/mol. The maximum Gasteiger partial charge on any atom is 0.234 e. The molecule has 1 atom stereocenters. The quantitative estimate of drug-likeness (QED) is 0.698. The van der Waals surface area contributed by atoms with Crippen molar-refractivity contribution < 1.29 is 8.42 Å². The van der Waals surface area contributed by atoms with Crippen molar-refractivity contribution in [3.63, 3.8) is 0 Å². The van der Waals surface area contributed by atoms with Crippen LogP contribution in [0.1, 0.15) is 6.92 Å². The number of nitrogens with one attached hydrogen (secondary N) is 1. The van der Waals surface area contributed by atoms with E-state index >= 15 is 0 Å². The topological polar surface area (TPSA) is 70.0 Å². The van der Waals surface area contributed by atoms with Crippen LogP contribution in [0.15, 0.2) is 12.0 Å². The predicted octanol–water partition coefficient (Wildman–Crippen LogP) is 3.00. The van der Waals surface area contributed by atoms with E-state index in [1.165, 1.54) is 6.92 Å². The summed E-state index contributed by atoms with van der Waals surface area (Å²) in [7, 11) is -3.75. The highest BCUT2D eigenvalue weighted by molar-refractivity contribution is 8.03. The van der Waals surface area contributed by atoms with Gasteiger partial charge in [-0.15, -0.1) is 35.0 Å². The van der Waals surface area contributed by atoms with Crippen LogP contribution in [0.5, 0.6) is 0 Å². The first-order valence-electron chi connectivity index (χ1n) is 4.35. The third-order valence-corrected chi connectivity index (χ3v) is 6.61. The van der Waals surface area contributed by atoms with Crippen LogP contribution in [0.3, 0.4) is 0 Å². The fourth-order valence-corrected chi connectivity index (χ4v) is 3.11. The van der Waals surface area contributed by atoms with Gasteiger partial charge in [0.15, 0.2) is 3.67 Å². The van der Waals surface area contributed by atoms with Gasteiger partial charge >= 0.3 is 0 Å². The number of hydrogen-bond donors (Lipinski definition) is 1. The van der Waals surface area contributed by atoms with Crippen LogP contribution in [-0.2, 0) is 10.0 Å². The third kappa shape index (κ3) is 6.20. The first kappa shape index (κ1) is 18.7. The van der Waals surface area contributed by atoms with Crippen molar-refractivity contribution in [1.82, 2.24) is 4.72 Å². The van der Waals surface area contributed by atoms with Gasteiger partial charge in [-0.2, -0.15) is 9.98 Å². The molecule has 10 heteroatoms. The number of hydrogen-bond acceptors (Lipinski definition) is 4. The summed E-state index contributed by atoms with van der Waals surface area (Å²) in [6, 6.07) is 1.82. The zero-order chi connectivity index (χ0) is 14.6. The van der Waals surface area contributed by atoms with Crippen LogP contribution >= 0.6 is 58.2 Å². The van der Waals surface area contributed by atoms with Crippen molar-refractivity contribution in [2.75, 3.05) is 5.75 Å². The van der Waals surface area contributed by atoms with Gasteiger partial charge in [0.05, 0.1) is 6.07 Å². The molecule has 0 amide bonds. The monoisotopic (exact) mass is 370 g/mol. The predicted molar refractivity (Wildman–Crippen MR) is 78.7 cm³/mol. The van der Waals surface area contributed by atoms with Crippen LogP contribution in [0, 0.1) is 11.3 Å². The molecule has 0 bridgehead atoms. The maximum atomic E-state index is 11.3. The molecule has 0 rings (SSSR count). The highest BCUT2D eigenvalue weighted by atomic mass is 35.5. The molecule has 0 aromatic rings. The summed E-state index contributed by atoms with van der Waals surface area (Å²) in [4.78, 5) is -1.09. The lowest BCUT2D eigenvalue weighted by Crippen LogP contribution is -2.46. The fourth-order valence-electron chi connectivity index (χ4n) is 0.744. The van der Waals surface area contributed by atoms with Gasteiger partial charge in [0.2, 0.25) is 10.0 Å². The number of nitriles is 1. The third-order valence-electron chi connectivity index (χ3n) is 1.64. The standard InChI is InChI=1S/C8H10Cl4N2O2S2/c1-3-18(15,16)14-7(2,4-13)5-17-8(11,12)6(9)10/h3,6,14H,1,5H2,2H3. The maximum absolute atomic E-state index is 11.3. The molecule has 18 heavy (non-hydrogen) atoms. The fraction of sp³-hybridized carbons (Fsp3) is 0.625. The minimum atomic E-state index is -3.75. The zero-order valence-corrected chi connectivity index (χ0v) is 13.8. The molecule has 0 radical (unpaired) electrons. The largest absolute Gasteiger partial charge is 0.234 e. The van der Waals surface area contributed by atoms with Gasteiger partial charge in [0.25, 0.3) is 0 Å². The van der Waals surface area contributed by atoms with Crippen molar-refractivity contribution in [2.45, 2.75) is 21.0 Å². The van der Waals surface area contributed by atoms with E-state index in [1.54, 1.807) is 0 Å². The smallest absolute Gasteiger partial charge is 0.208 e. The van der Waals surface area contributed by atoms with E-state index in [2.05, 4.69) is 11.3 Å². The molecule has 0 saturated carbocycles.